The van der Waals surface area contributed by atoms with Crippen molar-refractivity contribution >= 4 is 17.1 Å². The molecule has 1 aromatic heterocycles. The number of hydrogen-bond acceptors (Lipinski definition) is 3. The van der Waals surface area contributed by atoms with E-state index in [-0.39, 0.29) is 5.56 Å². The van der Waals surface area contributed by atoms with Gasteiger partial charge in [0.25, 0.3) is 5.56 Å². The monoisotopic (exact) mass is 293 g/mol. The average Bonchev–Trinajstić information content (AvgIpc) is 2.54. The van der Waals surface area contributed by atoms with Crippen molar-refractivity contribution in [1.29, 1.82) is 0 Å². The molecule has 110 valence electrons. The number of aldehydes is 1. The Labute approximate surface area is 127 Å². The summed E-state index contributed by atoms with van der Waals surface area (Å²) in [6.45, 7) is 1.92. The predicted octanol–water partition coefficient (Wildman–Crippen LogP) is 3.12. The lowest BCUT2D eigenvalue weighted by atomic mass is 10.1. The fourth-order valence-corrected chi connectivity index (χ4v) is 2.63. The lowest BCUT2D eigenvalue weighted by molar-refractivity contribution is 0.112. The third kappa shape index (κ3) is 2.19. The number of carbonyl (C=O) groups is 1. The Hall–Kier alpha value is -2.88. The number of nitrogens with zero attached hydrogens (tertiary/aromatic N) is 1. The molecule has 0 bridgehead atoms. The zero-order valence-electron chi connectivity index (χ0n) is 12.4. The third-order valence-corrected chi connectivity index (χ3v) is 3.76. The van der Waals surface area contributed by atoms with Crippen LogP contribution in [0.5, 0.6) is 5.75 Å². The molecule has 4 nitrogen and oxygen atoms in total. The Morgan fingerprint density at radius 1 is 1.14 bits per heavy atom. The molecule has 0 aliphatic heterocycles. The van der Waals surface area contributed by atoms with Crippen LogP contribution in [-0.2, 0) is 0 Å². The highest BCUT2D eigenvalue weighted by atomic mass is 16.5. The van der Waals surface area contributed by atoms with Gasteiger partial charge in [-0.15, -0.1) is 0 Å². The molecular formula is C18H15NO3. The van der Waals surface area contributed by atoms with E-state index in [4.69, 9.17) is 4.74 Å². The molecule has 0 saturated carbocycles. The molecule has 0 radical (unpaired) electrons. The van der Waals surface area contributed by atoms with Crippen LogP contribution >= 0.6 is 0 Å². The van der Waals surface area contributed by atoms with E-state index in [1.165, 1.54) is 7.11 Å². The third-order valence-electron chi connectivity index (χ3n) is 3.76. The van der Waals surface area contributed by atoms with Crippen molar-refractivity contribution in [2.45, 2.75) is 6.92 Å². The smallest absolute Gasteiger partial charge is 0.263 e. The van der Waals surface area contributed by atoms with E-state index < -0.39 is 0 Å². The molecule has 4 heteroatoms. The summed E-state index contributed by atoms with van der Waals surface area (Å²) in [6, 6.07) is 12.8. The van der Waals surface area contributed by atoms with Gasteiger partial charge in [-0.2, -0.15) is 0 Å². The molecule has 0 saturated heterocycles. The maximum absolute atomic E-state index is 12.7. The van der Waals surface area contributed by atoms with Crippen molar-refractivity contribution in [2.24, 2.45) is 0 Å². The van der Waals surface area contributed by atoms with Crippen LogP contribution in [0.2, 0.25) is 0 Å². The summed E-state index contributed by atoms with van der Waals surface area (Å²) in [5.41, 5.74) is 1.88. The van der Waals surface area contributed by atoms with Crippen molar-refractivity contribution in [1.82, 2.24) is 4.57 Å². The maximum Gasteiger partial charge on any atom is 0.263 e. The van der Waals surface area contributed by atoms with Crippen LogP contribution in [0.25, 0.3) is 16.5 Å². The Bertz CT molecular complexity index is 925. The second kappa shape index (κ2) is 5.48. The Morgan fingerprint density at radius 2 is 1.95 bits per heavy atom. The molecule has 0 unspecified atom stereocenters. The summed E-state index contributed by atoms with van der Waals surface area (Å²) < 4.78 is 6.67. The highest BCUT2D eigenvalue weighted by Crippen LogP contribution is 2.21. The predicted molar refractivity (Wildman–Crippen MR) is 86.2 cm³/mol. The molecule has 3 aromatic rings. The van der Waals surface area contributed by atoms with Gasteiger partial charge in [0.1, 0.15) is 5.75 Å². The van der Waals surface area contributed by atoms with E-state index >= 15 is 0 Å². The van der Waals surface area contributed by atoms with E-state index in [1.54, 1.807) is 29.0 Å². The van der Waals surface area contributed by atoms with Crippen LogP contribution in [-0.4, -0.2) is 18.0 Å². The number of ether oxygens (including phenoxy) is 1. The van der Waals surface area contributed by atoms with Crippen molar-refractivity contribution < 1.29 is 9.53 Å². The number of fused-ring (bicyclic) bond motifs is 1. The van der Waals surface area contributed by atoms with Gasteiger partial charge in [-0.1, -0.05) is 18.2 Å². The molecule has 2 aromatic carbocycles. The topological polar surface area (TPSA) is 48.3 Å². The summed E-state index contributed by atoms with van der Waals surface area (Å²) in [5.74, 6) is 0.490. The number of aryl methyl sites for hydroxylation is 1. The zero-order chi connectivity index (χ0) is 15.7. The molecule has 22 heavy (non-hydrogen) atoms. The standard InChI is InChI=1S/C18H15NO3/c1-12-4-3-5-13-8-9-19(18(21)17(12)13)15-6-7-16(22-2)14(10-15)11-20/h3-11H,1-2H3. The number of hydrogen-bond donors (Lipinski definition) is 0. The minimum absolute atomic E-state index is 0.0994. The summed E-state index contributed by atoms with van der Waals surface area (Å²) in [6.07, 6.45) is 2.44. The van der Waals surface area contributed by atoms with Crippen LogP contribution in [0.15, 0.2) is 53.5 Å². The lowest BCUT2D eigenvalue weighted by Gasteiger charge is -2.11. The first-order chi connectivity index (χ1) is 10.7. The van der Waals surface area contributed by atoms with Crippen LogP contribution in [0, 0.1) is 6.92 Å². The summed E-state index contributed by atoms with van der Waals surface area (Å²) in [4.78, 5) is 23.9. The minimum atomic E-state index is -0.0994. The fraction of sp³-hybridized carbons (Fsp3) is 0.111. The van der Waals surface area contributed by atoms with Gasteiger partial charge >= 0.3 is 0 Å². The molecule has 1 heterocycles. The zero-order valence-corrected chi connectivity index (χ0v) is 12.4. The largest absolute Gasteiger partial charge is 0.496 e. The molecule has 0 aliphatic rings. The molecule has 0 atom stereocenters. The van der Waals surface area contributed by atoms with Crippen molar-refractivity contribution in [3.05, 3.63) is 70.1 Å². The molecule has 0 amide bonds. The molecular weight excluding hydrogens is 278 g/mol. The second-order valence-corrected chi connectivity index (χ2v) is 5.07. The fourth-order valence-electron chi connectivity index (χ4n) is 2.63. The van der Waals surface area contributed by atoms with Crippen molar-refractivity contribution in [3.63, 3.8) is 0 Å². The van der Waals surface area contributed by atoms with E-state index in [2.05, 4.69) is 0 Å². The van der Waals surface area contributed by atoms with Gasteiger partial charge in [0.05, 0.1) is 18.1 Å². The minimum Gasteiger partial charge on any atom is -0.496 e. The van der Waals surface area contributed by atoms with Gasteiger partial charge in [-0.25, -0.2) is 0 Å². The van der Waals surface area contributed by atoms with Gasteiger partial charge in [-0.3, -0.25) is 14.2 Å². The highest BCUT2D eigenvalue weighted by Gasteiger charge is 2.09. The Balaban J connectivity index is 2.27. The van der Waals surface area contributed by atoms with E-state index in [9.17, 15) is 9.59 Å². The van der Waals surface area contributed by atoms with Crippen molar-refractivity contribution in [2.75, 3.05) is 7.11 Å². The van der Waals surface area contributed by atoms with E-state index in [0.29, 0.717) is 22.4 Å². The first-order valence-corrected chi connectivity index (χ1v) is 6.90. The van der Waals surface area contributed by atoms with Crippen LogP contribution < -0.4 is 10.3 Å². The number of aromatic nitrogens is 1. The summed E-state index contributed by atoms with van der Waals surface area (Å²) in [7, 11) is 1.51. The first kappa shape index (κ1) is 14.1. The van der Waals surface area contributed by atoms with Gasteiger partial charge in [0.2, 0.25) is 0 Å². The SMILES string of the molecule is COc1ccc(-n2ccc3cccc(C)c3c2=O)cc1C=O. The van der Waals surface area contributed by atoms with E-state index in [1.807, 2.05) is 31.2 Å². The van der Waals surface area contributed by atoms with Crippen LogP contribution in [0.4, 0.5) is 0 Å². The van der Waals surface area contributed by atoms with Gasteiger partial charge < -0.3 is 4.74 Å². The Morgan fingerprint density at radius 3 is 2.68 bits per heavy atom. The lowest BCUT2D eigenvalue weighted by Crippen LogP contribution is -2.18. The normalized spacial score (nSPS) is 10.6. The maximum atomic E-state index is 12.7. The molecule has 0 fully saturated rings. The summed E-state index contributed by atoms with van der Waals surface area (Å²) in [5, 5.41) is 1.60. The number of methoxy groups -OCH3 is 1. The number of carbonyl (C=O) groups excluding carboxylic acids is 1. The number of pyridine rings is 1. The van der Waals surface area contributed by atoms with Gasteiger partial charge in [-0.05, 0) is 42.1 Å². The quantitative estimate of drug-likeness (QED) is 0.697. The molecule has 0 aliphatic carbocycles. The van der Waals surface area contributed by atoms with E-state index in [0.717, 1.165) is 17.2 Å². The van der Waals surface area contributed by atoms with Crippen LogP contribution in [0.3, 0.4) is 0 Å². The Kier molecular flexibility index (Phi) is 3.51. The number of rotatable bonds is 3. The second-order valence-electron chi connectivity index (χ2n) is 5.07. The van der Waals surface area contributed by atoms with Gasteiger partial charge in [0.15, 0.2) is 6.29 Å². The average molecular weight is 293 g/mol. The van der Waals surface area contributed by atoms with Crippen molar-refractivity contribution in [3.8, 4) is 11.4 Å². The highest BCUT2D eigenvalue weighted by molar-refractivity contribution is 5.85. The first-order valence-electron chi connectivity index (χ1n) is 6.90. The number of benzene rings is 2. The molecule has 0 spiro atoms. The van der Waals surface area contributed by atoms with Gasteiger partial charge in [0, 0.05) is 11.9 Å². The summed E-state index contributed by atoms with van der Waals surface area (Å²) >= 11 is 0. The molecule has 0 N–H and O–H groups in total. The molecule has 3 rings (SSSR count). The van der Waals surface area contributed by atoms with Crippen LogP contribution in [0.1, 0.15) is 15.9 Å².